The van der Waals surface area contributed by atoms with E-state index in [-0.39, 0.29) is 6.61 Å². The first-order chi connectivity index (χ1) is 8.11. The highest BCUT2D eigenvalue weighted by Crippen LogP contribution is 2.58. The Kier molecular flexibility index (Phi) is 5.90. The first-order valence-electron chi connectivity index (χ1n) is 6.13. The quantitative estimate of drug-likeness (QED) is 0.746. The van der Waals surface area contributed by atoms with E-state index in [9.17, 15) is 9.46 Å². The van der Waals surface area contributed by atoms with Gasteiger partial charge < -0.3 is 9.42 Å². The third-order valence-corrected chi connectivity index (χ3v) is 4.70. The van der Waals surface area contributed by atoms with E-state index in [4.69, 9.17) is 4.52 Å². The molecule has 0 spiro atoms. The highest BCUT2D eigenvalue weighted by Gasteiger charge is 2.32. The highest BCUT2D eigenvalue weighted by atomic mass is 31.2. The molecule has 1 aromatic carbocycles. The first-order valence-corrected chi connectivity index (χ1v) is 7.78. The summed E-state index contributed by atoms with van der Waals surface area (Å²) in [7, 11) is -3.55. The van der Waals surface area contributed by atoms with Crippen LogP contribution in [0.1, 0.15) is 44.3 Å². The van der Waals surface area contributed by atoms with Crippen molar-refractivity contribution in [3.05, 3.63) is 35.9 Å². The summed E-state index contributed by atoms with van der Waals surface area (Å²) in [4.78, 5) is 9.99. The number of unbranched alkanes of at least 4 members (excludes halogenated alkanes) is 1. The molecular weight excluding hydrogens is 235 g/mol. The summed E-state index contributed by atoms with van der Waals surface area (Å²) in [5, 5.41) is 0. The van der Waals surface area contributed by atoms with Crippen LogP contribution in [-0.4, -0.2) is 11.5 Å². The van der Waals surface area contributed by atoms with E-state index in [1.165, 1.54) is 0 Å². The number of hydrogen-bond donors (Lipinski definition) is 1. The van der Waals surface area contributed by atoms with Crippen molar-refractivity contribution in [2.24, 2.45) is 0 Å². The molecule has 96 valence electrons. The molecule has 0 saturated heterocycles. The zero-order valence-electron chi connectivity index (χ0n) is 10.5. The second-order valence-corrected chi connectivity index (χ2v) is 6.06. The van der Waals surface area contributed by atoms with Crippen LogP contribution in [0.15, 0.2) is 30.3 Å². The minimum absolute atomic E-state index is 0.267. The average molecular weight is 256 g/mol. The fourth-order valence-electron chi connectivity index (χ4n) is 1.87. The Morgan fingerprint density at radius 1 is 1.29 bits per heavy atom. The van der Waals surface area contributed by atoms with E-state index < -0.39 is 13.3 Å². The third-order valence-electron chi connectivity index (χ3n) is 2.72. The number of benzene rings is 1. The number of hydrogen-bond acceptors (Lipinski definition) is 2. The summed E-state index contributed by atoms with van der Waals surface area (Å²) in [6.07, 6.45) is 2.63. The Morgan fingerprint density at radius 3 is 2.47 bits per heavy atom. The molecule has 2 unspecified atom stereocenters. The topological polar surface area (TPSA) is 46.5 Å². The van der Waals surface area contributed by atoms with Gasteiger partial charge in [0.05, 0.1) is 12.3 Å². The number of rotatable bonds is 7. The molecule has 0 aromatic heterocycles. The summed E-state index contributed by atoms with van der Waals surface area (Å²) in [6.45, 7) is 4.08. The van der Waals surface area contributed by atoms with Gasteiger partial charge in [-0.3, -0.25) is 4.57 Å². The smallest absolute Gasteiger partial charge is 0.324 e. The third kappa shape index (κ3) is 4.27. The lowest BCUT2D eigenvalue weighted by Crippen LogP contribution is -2.03. The normalized spacial score (nSPS) is 16.4. The minimum atomic E-state index is -3.55. The van der Waals surface area contributed by atoms with Crippen LogP contribution in [0.3, 0.4) is 0 Å². The maximum atomic E-state index is 12.2. The molecule has 0 heterocycles. The van der Waals surface area contributed by atoms with Crippen LogP contribution >= 0.6 is 7.60 Å². The van der Waals surface area contributed by atoms with Crippen LogP contribution in [-0.2, 0) is 9.09 Å². The molecule has 0 aliphatic heterocycles. The fourth-order valence-corrected chi connectivity index (χ4v) is 3.47. The Balaban J connectivity index is 2.91. The van der Waals surface area contributed by atoms with Crippen molar-refractivity contribution in [1.29, 1.82) is 0 Å². The van der Waals surface area contributed by atoms with Crippen molar-refractivity contribution in [3.63, 3.8) is 0 Å². The van der Waals surface area contributed by atoms with Crippen LogP contribution in [0.4, 0.5) is 0 Å². The standard InChI is InChI=1S/C13H21O3P/c1-3-5-11-13(17(14,15)16-4-2)12-9-7-6-8-10-12/h6-10,13H,3-5,11H2,1-2H3,(H,14,15). The van der Waals surface area contributed by atoms with Gasteiger partial charge >= 0.3 is 7.60 Å². The summed E-state index contributed by atoms with van der Waals surface area (Å²) < 4.78 is 17.2. The lowest BCUT2D eigenvalue weighted by molar-refractivity contribution is 0.262. The molecule has 0 radical (unpaired) electrons. The molecule has 0 bridgehead atoms. The lowest BCUT2D eigenvalue weighted by atomic mass is 10.1. The second kappa shape index (κ2) is 6.95. The van der Waals surface area contributed by atoms with Crippen molar-refractivity contribution < 1.29 is 14.0 Å². The first kappa shape index (κ1) is 14.4. The van der Waals surface area contributed by atoms with Crippen LogP contribution < -0.4 is 0 Å². The van der Waals surface area contributed by atoms with E-state index in [2.05, 4.69) is 6.92 Å². The molecule has 17 heavy (non-hydrogen) atoms. The maximum Gasteiger partial charge on any atom is 0.335 e. The van der Waals surface area contributed by atoms with Gasteiger partial charge in [-0.1, -0.05) is 50.1 Å². The SMILES string of the molecule is CCCCC(c1ccccc1)P(=O)(O)OCC. The van der Waals surface area contributed by atoms with E-state index in [1.54, 1.807) is 6.92 Å². The fraction of sp³-hybridized carbons (Fsp3) is 0.538. The molecule has 0 aliphatic rings. The summed E-state index contributed by atoms with van der Waals surface area (Å²) in [5.74, 6) is 0. The Bertz CT molecular complexity index is 364. The molecule has 3 nitrogen and oxygen atoms in total. The summed E-state index contributed by atoms with van der Waals surface area (Å²) in [5.41, 5.74) is 0.490. The van der Waals surface area contributed by atoms with Crippen molar-refractivity contribution >= 4 is 7.60 Å². The van der Waals surface area contributed by atoms with Gasteiger partial charge in [-0.25, -0.2) is 0 Å². The molecule has 2 atom stereocenters. The van der Waals surface area contributed by atoms with Crippen LogP contribution in [0.25, 0.3) is 0 Å². The molecule has 0 amide bonds. The molecule has 1 rings (SSSR count). The molecule has 1 aromatic rings. The monoisotopic (exact) mass is 256 g/mol. The van der Waals surface area contributed by atoms with Crippen molar-refractivity contribution in [3.8, 4) is 0 Å². The molecule has 0 fully saturated rings. The predicted molar refractivity (Wildman–Crippen MR) is 70.2 cm³/mol. The van der Waals surface area contributed by atoms with E-state index in [0.29, 0.717) is 6.42 Å². The zero-order valence-corrected chi connectivity index (χ0v) is 11.4. The van der Waals surface area contributed by atoms with Crippen molar-refractivity contribution in [1.82, 2.24) is 0 Å². The highest BCUT2D eigenvalue weighted by molar-refractivity contribution is 7.53. The minimum Gasteiger partial charge on any atom is -0.324 e. The maximum absolute atomic E-state index is 12.2. The van der Waals surface area contributed by atoms with Crippen LogP contribution in [0.2, 0.25) is 0 Å². The molecule has 0 aliphatic carbocycles. The predicted octanol–water partition coefficient (Wildman–Crippen LogP) is 4.14. The Morgan fingerprint density at radius 2 is 1.94 bits per heavy atom. The summed E-state index contributed by atoms with van der Waals surface area (Å²) in [6, 6.07) is 9.47. The average Bonchev–Trinajstić information content (AvgIpc) is 2.30. The second-order valence-electron chi connectivity index (χ2n) is 4.05. The largest absolute Gasteiger partial charge is 0.335 e. The van der Waals surface area contributed by atoms with Crippen LogP contribution in [0.5, 0.6) is 0 Å². The Hall–Kier alpha value is -0.630. The molecule has 4 heteroatoms. The van der Waals surface area contributed by atoms with Gasteiger partial charge in [0.15, 0.2) is 0 Å². The molecule has 0 saturated carbocycles. The van der Waals surface area contributed by atoms with E-state index in [0.717, 1.165) is 18.4 Å². The van der Waals surface area contributed by atoms with E-state index >= 15 is 0 Å². The van der Waals surface area contributed by atoms with Gasteiger partial charge in [-0.2, -0.15) is 0 Å². The zero-order chi connectivity index (χ0) is 12.7. The Labute approximate surface area is 103 Å². The van der Waals surface area contributed by atoms with Gasteiger partial charge in [-0.05, 0) is 18.9 Å². The van der Waals surface area contributed by atoms with Gasteiger partial charge in [0.2, 0.25) is 0 Å². The summed E-state index contributed by atoms with van der Waals surface area (Å²) >= 11 is 0. The van der Waals surface area contributed by atoms with Crippen molar-refractivity contribution in [2.45, 2.75) is 38.8 Å². The van der Waals surface area contributed by atoms with Gasteiger partial charge in [0, 0.05) is 0 Å². The van der Waals surface area contributed by atoms with Crippen molar-refractivity contribution in [2.75, 3.05) is 6.61 Å². The molecule has 1 N–H and O–H groups in total. The van der Waals surface area contributed by atoms with E-state index in [1.807, 2.05) is 30.3 Å². The van der Waals surface area contributed by atoms with Gasteiger partial charge in [-0.15, -0.1) is 0 Å². The lowest BCUT2D eigenvalue weighted by Gasteiger charge is -2.22. The van der Waals surface area contributed by atoms with Gasteiger partial charge in [0.1, 0.15) is 0 Å². The molecular formula is C13H21O3P. The van der Waals surface area contributed by atoms with Crippen LogP contribution in [0, 0.1) is 0 Å². The van der Waals surface area contributed by atoms with Gasteiger partial charge in [0.25, 0.3) is 0 Å².